The number of hydrogen-bond donors (Lipinski definition) is 1. The third-order valence-corrected chi connectivity index (χ3v) is 6.68. The van der Waals surface area contributed by atoms with Crippen molar-refractivity contribution in [3.63, 3.8) is 0 Å². The van der Waals surface area contributed by atoms with Gasteiger partial charge in [0, 0.05) is 4.91 Å². The normalized spacial score (nSPS) is 15.1. The standard InChI is InChI=1S/C26H40OS/c1-8-11-24(15-12-19(4)9-2)21(6)28-22(7)26(20(5)10-3)18-23-13-16-25(27)17-14-23/h13-17,19-20,27H,6,8-12,18H2,1-5,7H3/b24-15+,26-22-. The Morgan fingerprint density at radius 3 is 2.29 bits per heavy atom. The Kier molecular flexibility index (Phi) is 11.4. The van der Waals surface area contributed by atoms with Crippen molar-refractivity contribution in [2.24, 2.45) is 11.8 Å². The SMILES string of the molecule is C=C(S/C(C)=C(/Cc1ccc(O)cc1)C(C)CC)/C(=C/CC(C)CC)CCC. The van der Waals surface area contributed by atoms with Crippen LogP contribution in [-0.2, 0) is 6.42 Å². The van der Waals surface area contributed by atoms with Gasteiger partial charge in [-0.2, -0.15) is 0 Å². The van der Waals surface area contributed by atoms with Gasteiger partial charge in [0.25, 0.3) is 0 Å². The summed E-state index contributed by atoms with van der Waals surface area (Å²) in [5, 5.41) is 9.56. The van der Waals surface area contributed by atoms with E-state index in [2.05, 4.69) is 54.2 Å². The molecule has 0 aliphatic heterocycles. The summed E-state index contributed by atoms with van der Waals surface area (Å²) >= 11 is 1.85. The number of aromatic hydroxyl groups is 1. The third-order valence-electron chi connectivity index (χ3n) is 5.61. The van der Waals surface area contributed by atoms with E-state index in [-0.39, 0.29) is 0 Å². The van der Waals surface area contributed by atoms with Gasteiger partial charge < -0.3 is 5.11 Å². The summed E-state index contributed by atoms with van der Waals surface area (Å²) in [6.07, 6.45) is 9.10. The van der Waals surface area contributed by atoms with E-state index in [9.17, 15) is 5.11 Å². The van der Waals surface area contributed by atoms with Crippen LogP contribution in [0.4, 0.5) is 0 Å². The second-order valence-electron chi connectivity index (χ2n) is 7.99. The summed E-state index contributed by atoms with van der Waals surface area (Å²) in [5.41, 5.74) is 4.15. The topological polar surface area (TPSA) is 20.2 Å². The van der Waals surface area contributed by atoms with E-state index in [0.29, 0.717) is 11.7 Å². The lowest BCUT2D eigenvalue weighted by Crippen LogP contribution is -2.04. The first-order valence-corrected chi connectivity index (χ1v) is 11.7. The summed E-state index contributed by atoms with van der Waals surface area (Å²) in [6.45, 7) is 18.1. The molecule has 0 radical (unpaired) electrons. The Hall–Kier alpha value is -1.41. The molecule has 0 fully saturated rings. The molecule has 0 aromatic heterocycles. The summed E-state index contributed by atoms with van der Waals surface area (Å²) in [5.74, 6) is 1.59. The Bertz CT molecular complexity index is 666. The number of benzene rings is 1. The minimum atomic E-state index is 0.327. The van der Waals surface area contributed by atoms with E-state index in [1.807, 2.05) is 23.9 Å². The second kappa shape index (κ2) is 12.9. The average molecular weight is 401 g/mol. The van der Waals surface area contributed by atoms with Crippen LogP contribution in [0.15, 0.2) is 57.9 Å². The maximum atomic E-state index is 9.56. The minimum Gasteiger partial charge on any atom is -0.508 e. The van der Waals surface area contributed by atoms with Crippen LogP contribution in [0.5, 0.6) is 5.75 Å². The molecule has 0 saturated carbocycles. The van der Waals surface area contributed by atoms with Crippen LogP contribution in [0.1, 0.15) is 79.2 Å². The molecule has 0 aliphatic rings. The van der Waals surface area contributed by atoms with Crippen molar-refractivity contribution in [3.05, 3.63) is 63.4 Å². The molecule has 0 aliphatic carbocycles. The van der Waals surface area contributed by atoms with Crippen molar-refractivity contribution >= 4 is 11.8 Å². The third kappa shape index (κ3) is 8.31. The minimum absolute atomic E-state index is 0.327. The highest BCUT2D eigenvalue weighted by Gasteiger charge is 2.14. The van der Waals surface area contributed by atoms with Gasteiger partial charge in [-0.25, -0.2) is 0 Å². The summed E-state index contributed by atoms with van der Waals surface area (Å²) in [7, 11) is 0. The number of allylic oxidation sites excluding steroid dienone is 4. The van der Waals surface area contributed by atoms with Crippen LogP contribution in [0, 0.1) is 11.8 Å². The van der Waals surface area contributed by atoms with E-state index in [1.54, 1.807) is 12.1 Å². The van der Waals surface area contributed by atoms with Crippen molar-refractivity contribution in [1.82, 2.24) is 0 Å². The Balaban J connectivity index is 3.03. The molecule has 2 atom stereocenters. The van der Waals surface area contributed by atoms with Gasteiger partial charge in [0.05, 0.1) is 0 Å². The predicted molar refractivity (Wildman–Crippen MR) is 128 cm³/mol. The lowest BCUT2D eigenvalue weighted by Gasteiger charge is -2.20. The Morgan fingerprint density at radius 2 is 1.75 bits per heavy atom. The molecule has 1 N–H and O–H groups in total. The molecule has 1 rings (SSSR count). The molecule has 0 amide bonds. The number of hydrogen-bond acceptors (Lipinski definition) is 2. The molecule has 2 heteroatoms. The largest absolute Gasteiger partial charge is 0.508 e. The molecule has 0 saturated heterocycles. The highest BCUT2D eigenvalue weighted by Crippen LogP contribution is 2.37. The van der Waals surface area contributed by atoms with Gasteiger partial charge in [0.15, 0.2) is 0 Å². The molecule has 0 heterocycles. The van der Waals surface area contributed by atoms with E-state index < -0.39 is 0 Å². The molecular weight excluding hydrogens is 360 g/mol. The van der Waals surface area contributed by atoms with Gasteiger partial charge >= 0.3 is 0 Å². The molecule has 28 heavy (non-hydrogen) atoms. The van der Waals surface area contributed by atoms with Gasteiger partial charge in [0.1, 0.15) is 5.75 Å². The highest BCUT2D eigenvalue weighted by atomic mass is 32.2. The van der Waals surface area contributed by atoms with Crippen molar-refractivity contribution in [2.75, 3.05) is 0 Å². The van der Waals surface area contributed by atoms with E-state index >= 15 is 0 Å². The number of thioether (sulfide) groups is 1. The lowest BCUT2D eigenvalue weighted by atomic mass is 9.92. The quantitative estimate of drug-likeness (QED) is 0.354. The van der Waals surface area contributed by atoms with Crippen LogP contribution in [0.25, 0.3) is 0 Å². The maximum Gasteiger partial charge on any atom is 0.115 e. The number of phenols is 1. The van der Waals surface area contributed by atoms with Crippen LogP contribution in [0.2, 0.25) is 0 Å². The smallest absolute Gasteiger partial charge is 0.115 e. The molecule has 1 nitrogen and oxygen atoms in total. The molecule has 0 bridgehead atoms. The van der Waals surface area contributed by atoms with Crippen molar-refractivity contribution in [2.45, 2.75) is 80.1 Å². The van der Waals surface area contributed by atoms with Gasteiger partial charge in [-0.15, -0.1) is 0 Å². The first kappa shape index (κ1) is 24.6. The van der Waals surface area contributed by atoms with Crippen LogP contribution in [0.3, 0.4) is 0 Å². The zero-order chi connectivity index (χ0) is 21.1. The monoisotopic (exact) mass is 400 g/mol. The van der Waals surface area contributed by atoms with Crippen molar-refractivity contribution in [1.29, 1.82) is 0 Å². The van der Waals surface area contributed by atoms with E-state index in [0.717, 1.165) is 38.0 Å². The molecule has 1 aromatic rings. The van der Waals surface area contributed by atoms with Crippen LogP contribution < -0.4 is 0 Å². The first-order valence-electron chi connectivity index (χ1n) is 10.9. The fourth-order valence-corrected chi connectivity index (χ4v) is 4.27. The molecular formula is C26H40OS. The fraction of sp³-hybridized carbons (Fsp3) is 0.538. The summed E-state index contributed by atoms with van der Waals surface area (Å²) in [6, 6.07) is 7.61. The van der Waals surface area contributed by atoms with Gasteiger partial charge in [-0.1, -0.05) is 89.6 Å². The average Bonchev–Trinajstić information content (AvgIpc) is 2.69. The fourth-order valence-electron chi connectivity index (χ4n) is 3.18. The Labute approximate surface area is 178 Å². The van der Waals surface area contributed by atoms with E-state index in [1.165, 1.54) is 32.9 Å². The molecule has 156 valence electrons. The maximum absolute atomic E-state index is 9.56. The van der Waals surface area contributed by atoms with Crippen molar-refractivity contribution in [3.8, 4) is 5.75 Å². The zero-order valence-corrected chi connectivity index (χ0v) is 19.7. The van der Waals surface area contributed by atoms with Gasteiger partial charge in [0.2, 0.25) is 0 Å². The Morgan fingerprint density at radius 1 is 1.11 bits per heavy atom. The molecule has 2 unspecified atom stereocenters. The predicted octanol–water partition coefficient (Wildman–Crippen LogP) is 8.66. The highest BCUT2D eigenvalue weighted by molar-refractivity contribution is 8.06. The second-order valence-corrected chi connectivity index (χ2v) is 9.30. The summed E-state index contributed by atoms with van der Waals surface area (Å²) < 4.78 is 0. The lowest BCUT2D eigenvalue weighted by molar-refractivity contribution is 0.475. The van der Waals surface area contributed by atoms with E-state index in [4.69, 9.17) is 0 Å². The van der Waals surface area contributed by atoms with Gasteiger partial charge in [-0.3, -0.25) is 0 Å². The molecule has 0 spiro atoms. The van der Waals surface area contributed by atoms with Crippen LogP contribution >= 0.6 is 11.8 Å². The summed E-state index contributed by atoms with van der Waals surface area (Å²) in [4.78, 5) is 2.58. The number of rotatable bonds is 12. The molecule has 1 aromatic carbocycles. The van der Waals surface area contributed by atoms with Crippen molar-refractivity contribution < 1.29 is 5.11 Å². The van der Waals surface area contributed by atoms with Crippen LogP contribution in [-0.4, -0.2) is 5.11 Å². The zero-order valence-electron chi connectivity index (χ0n) is 18.8. The first-order chi connectivity index (χ1) is 13.3. The van der Waals surface area contributed by atoms with Gasteiger partial charge in [-0.05, 0) is 72.6 Å². The number of phenolic OH excluding ortho intramolecular Hbond substituents is 1.